The zero-order valence-electron chi connectivity index (χ0n) is 17.9. The predicted octanol–water partition coefficient (Wildman–Crippen LogP) is 5.67. The summed E-state index contributed by atoms with van der Waals surface area (Å²) in [4.78, 5) is 16.8. The summed E-state index contributed by atoms with van der Waals surface area (Å²) in [7, 11) is 0. The van der Waals surface area contributed by atoms with Crippen LogP contribution in [0.3, 0.4) is 0 Å². The van der Waals surface area contributed by atoms with Crippen LogP contribution in [0.2, 0.25) is 5.02 Å². The molecule has 164 valence electrons. The van der Waals surface area contributed by atoms with E-state index in [0.29, 0.717) is 18.0 Å². The summed E-state index contributed by atoms with van der Waals surface area (Å²) >= 11 is 6.20. The number of amides is 1. The lowest BCUT2D eigenvalue weighted by atomic mass is 10.1. The van der Waals surface area contributed by atoms with Gasteiger partial charge in [0.25, 0.3) is 5.91 Å². The number of aromatic nitrogens is 2. The van der Waals surface area contributed by atoms with Crippen LogP contribution in [0, 0.1) is 0 Å². The monoisotopic (exact) mass is 463 g/mol. The van der Waals surface area contributed by atoms with Crippen molar-refractivity contribution in [2.24, 2.45) is 10.2 Å². The Bertz CT molecular complexity index is 1650. The number of benzene rings is 3. The summed E-state index contributed by atoms with van der Waals surface area (Å²) in [5, 5.41) is 14.1. The summed E-state index contributed by atoms with van der Waals surface area (Å²) in [6, 6.07) is 25.6. The molecule has 6 rings (SSSR count). The van der Waals surface area contributed by atoms with E-state index in [1.54, 1.807) is 6.21 Å². The summed E-state index contributed by atoms with van der Waals surface area (Å²) in [6.45, 7) is 0.682. The number of rotatable bonds is 4. The molecular weight excluding hydrogens is 446 g/mol. The second-order valence-corrected chi connectivity index (χ2v) is 8.49. The van der Waals surface area contributed by atoms with Gasteiger partial charge in [0, 0.05) is 33.4 Å². The SMILES string of the molecule is O=C1Nc2ccccc2C1=N/N=C/c1cc2c3ccccc3n(Cc3cccc(Cl)c3)c2cn1. The minimum atomic E-state index is -0.258. The van der Waals surface area contributed by atoms with Gasteiger partial charge in [-0.3, -0.25) is 9.78 Å². The third-order valence-corrected chi connectivity index (χ3v) is 6.14. The quantitative estimate of drug-likeness (QED) is 0.275. The van der Waals surface area contributed by atoms with Crippen LogP contribution >= 0.6 is 11.6 Å². The van der Waals surface area contributed by atoms with Crippen molar-refractivity contribution in [3.05, 3.63) is 107 Å². The number of nitrogens with zero attached hydrogens (tertiary/aromatic N) is 4. The molecule has 1 amide bonds. The van der Waals surface area contributed by atoms with E-state index in [1.807, 2.05) is 66.9 Å². The van der Waals surface area contributed by atoms with Crippen molar-refractivity contribution >= 4 is 56.9 Å². The molecule has 1 aliphatic heterocycles. The molecule has 7 heteroatoms. The number of para-hydroxylation sites is 2. The Morgan fingerprint density at radius 3 is 2.71 bits per heavy atom. The van der Waals surface area contributed by atoms with Crippen LogP contribution in [0.4, 0.5) is 5.69 Å². The highest BCUT2D eigenvalue weighted by Crippen LogP contribution is 2.30. The average Bonchev–Trinajstić information content (AvgIpc) is 3.33. The Balaban J connectivity index is 1.38. The Morgan fingerprint density at radius 2 is 1.79 bits per heavy atom. The Morgan fingerprint density at radius 1 is 0.941 bits per heavy atom. The molecule has 2 aromatic heterocycles. The minimum Gasteiger partial charge on any atom is -0.335 e. The van der Waals surface area contributed by atoms with Gasteiger partial charge in [-0.05, 0) is 35.9 Å². The average molecular weight is 464 g/mol. The maximum absolute atomic E-state index is 12.2. The second-order valence-electron chi connectivity index (χ2n) is 8.05. The highest BCUT2D eigenvalue weighted by Gasteiger charge is 2.25. The Hall–Kier alpha value is -4.29. The fourth-order valence-electron chi connectivity index (χ4n) is 4.37. The van der Waals surface area contributed by atoms with Crippen molar-refractivity contribution in [2.45, 2.75) is 6.54 Å². The second kappa shape index (κ2) is 8.24. The summed E-state index contributed by atoms with van der Waals surface area (Å²) in [5.41, 5.74) is 5.71. The van der Waals surface area contributed by atoms with Gasteiger partial charge >= 0.3 is 0 Å². The van der Waals surface area contributed by atoms with E-state index < -0.39 is 0 Å². The number of pyridine rings is 1. The number of anilines is 1. The van der Waals surface area contributed by atoms with Crippen molar-refractivity contribution < 1.29 is 4.79 Å². The molecular formula is C27H18ClN5O. The number of carbonyl (C=O) groups is 1. The molecule has 0 fully saturated rings. The summed E-state index contributed by atoms with van der Waals surface area (Å²) in [5.74, 6) is -0.258. The molecule has 0 spiro atoms. The van der Waals surface area contributed by atoms with Crippen molar-refractivity contribution in [1.82, 2.24) is 9.55 Å². The fourth-order valence-corrected chi connectivity index (χ4v) is 4.58. The topological polar surface area (TPSA) is 71.6 Å². The standard InChI is InChI=1S/C27H18ClN5O/c28-18-7-5-6-17(12-18)16-33-24-11-4-2-8-20(24)22-13-19(29-15-25(22)33)14-30-32-26-21-9-1-3-10-23(21)31-27(26)34/h1-15H,16H2,(H,31,32,34)/b30-14+. The van der Waals surface area contributed by atoms with Gasteiger partial charge in [0.05, 0.1) is 29.3 Å². The smallest absolute Gasteiger partial charge is 0.276 e. The van der Waals surface area contributed by atoms with Gasteiger partial charge in [-0.25, -0.2) is 0 Å². The maximum Gasteiger partial charge on any atom is 0.276 e. The summed E-state index contributed by atoms with van der Waals surface area (Å²) < 4.78 is 2.24. The van der Waals surface area contributed by atoms with Crippen molar-refractivity contribution in [1.29, 1.82) is 0 Å². The van der Waals surface area contributed by atoms with Gasteiger partial charge in [0.15, 0.2) is 5.71 Å². The van der Waals surface area contributed by atoms with E-state index in [4.69, 9.17) is 11.6 Å². The van der Waals surface area contributed by atoms with E-state index in [9.17, 15) is 4.79 Å². The molecule has 0 radical (unpaired) electrons. The van der Waals surface area contributed by atoms with Crippen LogP contribution in [0.1, 0.15) is 16.8 Å². The van der Waals surface area contributed by atoms with Crippen LogP contribution in [-0.4, -0.2) is 27.4 Å². The number of nitrogens with one attached hydrogen (secondary N) is 1. The first-order valence-electron chi connectivity index (χ1n) is 10.8. The number of fused-ring (bicyclic) bond motifs is 4. The number of hydrogen-bond acceptors (Lipinski definition) is 4. The molecule has 5 aromatic rings. The maximum atomic E-state index is 12.2. The molecule has 0 saturated heterocycles. The molecule has 34 heavy (non-hydrogen) atoms. The largest absolute Gasteiger partial charge is 0.335 e. The fraction of sp³-hybridized carbons (Fsp3) is 0.0370. The lowest BCUT2D eigenvalue weighted by Crippen LogP contribution is -2.13. The predicted molar refractivity (Wildman–Crippen MR) is 137 cm³/mol. The van der Waals surface area contributed by atoms with Crippen molar-refractivity contribution in [3.8, 4) is 0 Å². The molecule has 0 atom stereocenters. The lowest BCUT2D eigenvalue weighted by Gasteiger charge is -2.08. The number of carbonyl (C=O) groups excluding carboxylic acids is 1. The van der Waals surface area contributed by atoms with Gasteiger partial charge < -0.3 is 9.88 Å². The van der Waals surface area contributed by atoms with E-state index in [2.05, 4.69) is 43.3 Å². The van der Waals surface area contributed by atoms with Gasteiger partial charge in [-0.1, -0.05) is 60.1 Å². The highest BCUT2D eigenvalue weighted by atomic mass is 35.5. The Kier molecular flexibility index (Phi) is 4.93. The zero-order chi connectivity index (χ0) is 23.1. The van der Waals surface area contributed by atoms with E-state index in [1.165, 1.54) is 0 Å². The van der Waals surface area contributed by atoms with Gasteiger partial charge in [-0.15, -0.1) is 5.10 Å². The van der Waals surface area contributed by atoms with Crippen molar-refractivity contribution in [2.75, 3.05) is 5.32 Å². The molecule has 6 nitrogen and oxygen atoms in total. The normalized spacial score (nSPS) is 14.4. The molecule has 0 unspecified atom stereocenters. The highest BCUT2D eigenvalue weighted by molar-refractivity contribution is 6.53. The zero-order valence-corrected chi connectivity index (χ0v) is 18.7. The third kappa shape index (κ3) is 3.54. The van der Waals surface area contributed by atoms with E-state index >= 15 is 0 Å². The third-order valence-electron chi connectivity index (χ3n) is 5.90. The van der Waals surface area contributed by atoms with Crippen LogP contribution in [0.5, 0.6) is 0 Å². The van der Waals surface area contributed by atoms with Crippen LogP contribution in [0.15, 0.2) is 95.3 Å². The molecule has 0 bridgehead atoms. The molecule has 0 aliphatic carbocycles. The van der Waals surface area contributed by atoms with E-state index in [-0.39, 0.29) is 5.91 Å². The van der Waals surface area contributed by atoms with Crippen molar-refractivity contribution in [3.63, 3.8) is 0 Å². The van der Waals surface area contributed by atoms with Crippen LogP contribution < -0.4 is 5.32 Å². The minimum absolute atomic E-state index is 0.258. The van der Waals surface area contributed by atoms with Gasteiger partial charge in [0.2, 0.25) is 0 Å². The molecule has 3 heterocycles. The molecule has 1 aliphatic rings. The number of halogens is 1. The first-order valence-corrected chi connectivity index (χ1v) is 11.2. The first-order chi connectivity index (χ1) is 16.7. The number of hydrogen-bond donors (Lipinski definition) is 1. The summed E-state index contributed by atoms with van der Waals surface area (Å²) in [6.07, 6.45) is 3.43. The van der Waals surface area contributed by atoms with Crippen LogP contribution in [-0.2, 0) is 11.3 Å². The Labute approximate surface area is 200 Å². The molecule has 1 N–H and O–H groups in total. The van der Waals surface area contributed by atoms with Gasteiger partial charge in [0.1, 0.15) is 0 Å². The van der Waals surface area contributed by atoms with E-state index in [0.717, 1.165) is 43.6 Å². The molecule has 3 aromatic carbocycles. The van der Waals surface area contributed by atoms with Gasteiger partial charge in [-0.2, -0.15) is 5.10 Å². The lowest BCUT2D eigenvalue weighted by molar-refractivity contribution is -0.110. The van der Waals surface area contributed by atoms with Crippen LogP contribution in [0.25, 0.3) is 21.8 Å². The molecule has 0 saturated carbocycles. The first kappa shape index (κ1) is 20.3.